The molecule has 160 valence electrons. The van der Waals surface area contributed by atoms with Crippen LogP contribution in [0.2, 0.25) is 0 Å². The summed E-state index contributed by atoms with van der Waals surface area (Å²) in [4.78, 5) is 27.6. The Kier molecular flexibility index (Phi) is 6.74. The molecule has 0 unspecified atom stereocenters. The van der Waals surface area contributed by atoms with Crippen LogP contribution in [-0.4, -0.2) is 23.3 Å². The van der Waals surface area contributed by atoms with Crippen LogP contribution in [0, 0.1) is 0 Å². The summed E-state index contributed by atoms with van der Waals surface area (Å²) in [7, 11) is 1.50. The molecule has 1 aliphatic rings. The van der Waals surface area contributed by atoms with Gasteiger partial charge in [0.05, 0.1) is 23.3 Å². The molecule has 1 amide bonds. The van der Waals surface area contributed by atoms with E-state index in [1.165, 1.54) is 23.8 Å². The first-order valence-electron chi connectivity index (χ1n) is 9.45. The minimum Gasteiger partial charge on any atom is -0.493 e. The summed E-state index contributed by atoms with van der Waals surface area (Å²) in [6.07, 6.45) is 1.72. The van der Waals surface area contributed by atoms with Gasteiger partial charge in [0.15, 0.2) is 15.8 Å². The Labute approximate surface area is 203 Å². The molecule has 3 aromatic rings. The van der Waals surface area contributed by atoms with Crippen molar-refractivity contribution < 1.29 is 19.1 Å². The van der Waals surface area contributed by atoms with Crippen LogP contribution in [-0.2, 0) is 4.79 Å². The predicted molar refractivity (Wildman–Crippen MR) is 134 cm³/mol. The lowest BCUT2D eigenvalue weighted by atomic mass is 10.1. The molecular weight excluding hydrogens is 510 g/mol. The van der Waals surface area contributed by atoms with Crippen LogP contribution in [0.5, 0.6) is 11.5 Å². The lowest BCUT2D eigenvalue weighted by Crippen LogP contribution is -2.27. The summed E-state index contributed by atoms with van der Waals surface area (Å²) in [5.74, 6) is -0.0722. The maximum Gasteiger partial charge on any atom is 0.344 e. The second kappa shape index (κ2) is 9.68. The van der Waals surface area contributed by atoms with Crippen molar-refractivity contribution in [1.82, 2.24) is 0 Å². The molecule has 0 spiro atoms. The van der Waals surface area contributed by atoms with E-state index in [0.717, 1.165) is 5.69 Å². The summed E-state index contributed by atoms with van der Waals surface area (Å²) < 4.78 is 12.0. The topological polar surface area (TPSA) is 55.8 Å². The molecule has 32 heavy (non-hydrogen) atoms. The third-order valence-electron chi connectivity index (χ3n) is 4.59. The molecular formula is C24H16BrNO4S2. The van der Waals surface area contributed by atoms with Gasteiger partial charge in [-0.1, -0.05) is 60.4 Å². The van der Waals surface area contributed by atoms with E-state index in [-0.39, 0.29) is 11.7 Å². The number of anilines is 1. The maximum absolute atomic E-state index is 13.0. The Balaban J connectivity index is 1.62. The normalized spacial score (nSPS) is 14.7. The SMILES string of the molecule is COc1ccc(C=C2SC(=S)N(c3ccccc3)C2=O)cc1OC(=O)c1ccccc1Br. The lowest BCUT2D eigenvalue weighted by molar-refractivity contribution is -0.113. The monoisotopic (exact) mass is 525 g/mol. The number of carbonyl (C=O) groups excluding carboxylic acids is 2. The Bertz CT molecular complexity index is 1240. The van der Waals surface area contributed by atoms with Crippen molar-refractivity contribution in [3.8, 4) is 11.5 Å². The number of thioether (sulfide) groups is 1. The highest BCUT2D eigenvalue weighted by molar-refractivity contribution is 9.10. The number of amides is 1. The summed E-state index contributed by atoms with van der Waals surface area (Å²) in [6.45, 7) is 0. The van der Waals surface area contributed by atoms with Crippen LogP contribution >= 0.6 is 39.9 Å². The summed E-state index contributed by atoms with van der Waals surface area (Å²) in [6, 6.07) is 21.4. The number of nitrogens with zero attached hydrogens (tertiary/aromatic N) is 1. The highest BCUT2D eigenvalue weighted by atomic mass is 79.9. The van der Waals surface area contributed by atoms with Gasteiger partial charge in [0.2, 0.25) is 0 Å². The second-order valence-corrected chi connectivity index (χ2v) is 9.16. The van der Waals surface area contributed by atoms with E-state index in [1.54, 1.807) is 42.5 Å². The molecule has 8 heteroatoms. The number of benzene rings is 3. The van der Waals surface area contributed by atoms with Crippen LogP contribution in [0.1, 0.15) is 15.9 Å². The van der Waals surface area contributed by atoms with E-state index in [4.69, 9.17) is 21.7 Å². The van der Waals surface area contributed by atoms with Gasteiger partial charge in [-0.3, -0.25) is 9.69 Å². The number of rotatable bonds is 5. The zero-order valence-electron chi connectivity index (χ0n) is 16.8. The third-order valence-corrected chi connectivity index (χ3v) is 6.58. The van der Waals surface area contributed by atoms with Gasteiger partial charge < -0.3 is 9.47 Å². The van der Waals surface area contributed by atoms with E-state index < -0.39 is 5.97 Å². The van der Waals surface area contributed by atoms with Gasteiger partial charge in [-0.05, 0) is 64.0 Å². The van der Waals surface area contributed by atoms with Crippen molar-refractivity contribution in [2.75, 3.05) is 12.0 Å². The zero-order valence-corrected chi connectivity index (χ0v) is 20.0. The van der Waals surface area contributed by atoms with E-state index >= 15 is 0 Å². The third kappa shape index (κ3) is 4.62. The van der Waals surface area contributed by atoms with Gasteiger partial charge in [0, 0.05) is 4.47 Å². The summed E-state index contributed by atoms with van der Waals surface area (Å²) in [5, 5.41) is 0. The molecule has 0 N–H and O–H groups in total. The Morgan fingerprint density at radius 2 is 1.75 bits per heavy atom. The lowest BCUT2D eigenvalue weighted by Gasteiger charge is -2.13. The number of hydrogen-bond donors (Lipinski definition) is 0. The van der Waals surface area contributed by atoms with Crippen molar-refractivity contribution in [3.05, 3.63) is 93.3 Å². The van der Waals surface area contributed by atoms with Crippen LogP contribution in [0.15, 0.2) is 82.2 Å². The fraction of sp³-hybridized carbons (Fsp3) is 0.0417. The fourth-order valence-electron chi connectivity index (χ4n) is 3.06. The molecule has 1 aliphatic heterocycles. The number of halogens is 1. The molecule has 3 aromatic carbocycles. The first kappa shape index (κ1) is 22.3. The largest absolute Gasteiger partial charge is 0.493 e. The van der Waals surface area contributed by atoms with Crippen molar-refractivity contribution in [2.24, 2.45) is 0 Å². The Morgan fingerprint density at radius 3 is 2.47 bits per heavy atom. The molecule has 1 fully saturated rings. The molecule has 0 saturated carbocycles. The number of esters is 1. The molecule has 4 rings (SSSR count). The molecule has 5 nitrogen and oxygen atoms in total. The maximum atomic E-state index is 13.0. The number of carbonyl (C=O) groups is 2. The van der Waals surface area contributed by atoms with Crippen molar-refractivity contribution in [3.63, 3.8) is 0 Å². The van der Waals surface area contributed by atoms with E-state index in [9.17, 15) is 9.59 Å². The quantitative estimate of drug-likeness (QED) is 0.174. The zero-order chi connectivity index (χ0) is 22.7. The van der Waals surface area contributed by atoms with Crippen molar-refractivity contribution >= 4 is 67.9 Å². The minimum absolute atomic E-state index is 0.200. The second-order valence-electron chi connectivity index (χ2n) is 6.63. The van der Waals surface area contributed by atoms with E-state index in [0.29, 0.717) is 30.6 Å². The molecule has 0 aliphatic carbocycles. The van der Waals surface area contributed by atoms with Gasteiger partial charge in [0.1, 0.15) is 0 Å². The first-order chi connectivity index (χ1) is 15.5. The summed E-state index contributed by atoms with van der Waals surface area (Å²) >= 11 is 10.00. The van der Waals surface area contributed by atoms with Gasteiger partial charge in [0.25, 0.3) is 5.91 Å². The van der Waals surface area contributed by atoms with Crippen molar-refractivity contribution in [2.45, 2.75) is 0 Å². The highest BCUT2D eigenvalue weighted by Crippen LogP contribution is 2.37. The number of para-hydroxylation sites is 1. The van der Waals surface area contributed by atoms with E-state index in [1.807, 2.05) is 36.4 Å². The number of hydrogen-bond acceptors (Lipinski definition) is 6. The fourth-order valence-corrected chi connectivity index (χ4v) is 4.81. The minimum atomic E-state index is -0.525. The number of ether oxygens (including phenoxy) is 2. The molecule has 0 aromatic heterocycles. The van der Waals surface area contributed by atoms with Crippen LogP contribution in [0.25, 0.3) is 6.08 Å². The molecule has 1 heterocycles. The Hall–Kier alpha value is -2.94. The van der Waals surface area contributed by atoms with Gasteiger partial charge in [-0.15, -0.1) is 0 Å². The highest BCUT2D eigenvalue weighted by Gasteiger charge is 2.33. The summed E-state index contributed by atoms with van der Waals surface area (Å²) in [5.41, 5.74) is 1.79. The predicted octanol–water partition coefficient (Wildman–Crippen LogP) is 6.08. The molecule has 1 saturated heterocycles. The number of methoxy groups -OCH3 is 1. The van der Waals surface area contributed by atoms with Gasteiger partial charge >= 0.3 is 5.97 Å². The standard InChI is InChI=1S/C24H16BrNO4S2/c1-29-19-12-11-15(13-20(19)30-23(28)17-9-5-6-10-18(17)25)14-21-22(27)26(24(31)32-21)16-7-3-2-4-8-16/h2-14H,1H3. The average Bonchev–Trinajstić information content (AvgIpc) is 3.07. The number of thiocarbonyl (C=S) groups is 1. The molecule has 0 radical (unpaired) electrons. The smallest absolute Gasteiger partial charge is 0.344 e. The van der Waals surface area contributed by atoms with Gasteiger partial charge in [-0.2, -0.15) is 0 Å². The first-order valence-corrected chi connectivity index (χ1v) is 11.5. The van der Waals surface area contributed by atoms with Crippen LogP contribution in [0.3, 0.4) is 0 Å². The van der Waals surface area contributed by atoms with Crippen molar-refractivity contribution in [1.29, 1.82) is 0 Å². The van der Waals surface area contributed by atoms with E-state index in [2.05, 4.69) is 15.9 Å². The van der Waals surface area contributed by atoms with Gasteiger partial charge in [-0.25, -0.2) is 4.79 Å². The molecule has 0 bridgehead atoms. The average molecular weight is 526 g/mol. The Morgan fingerprint density at radius 1 is 1.03 bits per heavy atom. The molecule has 0 atom stereocenters. The van der Waals surface area contributed by atoms with Crippen LogP contribution in [0.4, 0.5) is 5.69 Å². The van der Waals surface area contributed by atoms with Crippen LogP contribution < -0.4 is 14.4 Å².